The van der Waals surface area contributed by atoms with E-state index >= 15 is 0 Å². The third-order valence-electron chi connectivity index (χ3n) is 3.39. The number of nitrogens with two attached hydrogens (primary N) is 1. The van der Waals surface area contributed by atoms with Gasteiger partial charge in [0.2, 0.25) is 0 Å². The van der Waals surface area contributed by atoms with E-state index in [0.29, 0.717) is 0 Å². The summed E-state index contributed by atoms with van der Waals surface area (Å²) in [5.74, 6) is 0. The summed E-state index contributed by atoms with van der Waals surface area (Å²) in [6, 6.07) is 6.14. The second kappa shape index (κ2) is 5.25. The van der Waals surface area contributed by atoms with Crippen LogP contribution in [0.2, 0.25) is 5.02 Å². The van der Waals surface area contributed by atoms with Crippen molar-refractivity contribution in [2.45, 2.75) is 31.8 Å². The Hall–Kier alpha value is -0.770. The standard InChI is InChI=1S/C13H19ClN2O/c1-9(15)10-4-5-13(12(14)7-10)16-6-2-3-11(16)8-17/h4-5,7,9,11,17H,2-3,6,8,15H2,1H3/t9-,11?/m1/s1. The minimum Gasteiger partial charge on any atom is -0.394 e. The van der Waals surface area contributed by atoms with Gasteiger partial charge in [0.25, 0.3) is 0 Å². The fraction of sp³-hybridized carbons (Fsp3) is 0.538. The molecule has 1 saturated heterocycles. The van der Waals surface area contributed by atoms with E-state index in [1.54, 1.807) is 0 Å². The number of rotatable bonds is 3. The van der Waals surface area contributed by atoms with Crippen LogP contribution in [-0.4, -0.2) is 24.3 Å². The third-order valence-corrected chi connectivity index (χ3v) is 3.70. The molecule has 17 heavy (non-hydrogen) atoms. The highest BCUT2D eigenvalue weighted by atomic mass is 35.5. The van der Waals surface area contributed by atoms with Crippen molar-refractivity contribution in [1.29, 1.82) is 0 Å². The third kappa shape index (κ3) is 2.57. The molecule has 2 atom stereocenters. The maximum Gasteiger partial charge on any atom is 0.0643 e. The fourth-order valence-corrected chi connectivity index (χ4v) is 2.68. The van der Waals surface area contributed by atoms with Gasteiger partial charge in [-0.05, 0) is 37.5 Å². The molecule has 0 spiro atoms. The van der Waals surface area contributed by atoms with Gasteiger partial charge in [-0.25, -0.2) is 0 Å². The normalized spacial score (nSPS) is 21.9. The summed E-state index contributed by atoms with van der Waals surface area (Å²) in [5, 5.41) is 10.0. The maximum atomic E-state index is 9.33. The predicted octanol–water partition coefficient (Wildman–Crippen LogP) is 2.32. The number of hydrogen-bond acceptors (Lipinski definition) is 3. The molecule has 1 aliphatic heterocycles. The average molecular weight is 255 g/mol. The lowest BCUT2D eigenvalue weighted by Crippen LogP contribution is -2.32. The zero-order valence-electron chi connectivity index (χ0n) is 10.1. The summed E-state index contributed by atoms with van der Waals surface area (Å²) < 4.78 is 0. The molecule has 3 N–H and O–H groups in total. The van der Waals surface area contributed by atoms with Crippen molar-refractivity contribution in [3.05, 3.63) is 28.8 Å². The van der Waals surface area contributed by atoms with Crippen LogP contribution in [0.4, 0.5) is 5.69 Å². The molecule has 1 aromatic carbocycles. The Balaban J connectivity index is 2.27. The van der Waals surface area contributed by atoms with Gasteiger partial charge >= 0.3 is 0 Å². The van der Waals surface area contributed by atoms with Gasteiger partial charge in [0.1, 0.15) is 0 Å². The van der Waals surface area contributed by atoms with Crippen LogP contribution in [0, 0.1) is 0 Å². The summed E-state index contributed by atoms with van der Waals surface area (Å²) in [4.78, 5) is 2.19. The SMILES string of the molecule is C[C@@H](N)c1ccc(N2CCCC2CO)c(Cl)c1. The molecule has 1 aromatic rings. The second-order valence-corrected chi connectivity index (χ2v) is 5.08. The molecule has 0 aliphatic carbocycles. The largest absolute Gasteiger partial charge is 0.394 e. The molecule has 0 radical (unpaired) electrons. The van der Waals surface area contributed by atoms with Crippen LogP contribution < -0.4 is 10.6 Å². The number of aliphatic hydroxyl groups is 1. The van der Waals surface area contributed by atoms with Crippen LogP contribution in [0.3, 0.4) is 0 Å². The first-order valence-corrected chi connectivity index (χ1v) is 6.44. The van der Waals surface area contributed by atoms with Crippen molar-refractivity contribution in [3.8, 4) is 0 Å². The number of halogens is 1. The lowest BCUT2D eigenvalue weighted by atomic mass is 10.1. The lowest BCUT2D eigenvalue weighted by molar-refractivity contribution is 0.266. The van der Waals surface area contributed by atoms with Gasteiger partial charge in [-0.2, -0.15) is 0 Å². The minimum atomic E-state index is -0.00577. The molecule has 0 aromatic heterocycles. The van der Waals surface area contributed by atoms with Crippen molar-refractivity contribution in [3.63, 3.8) is 0 Å². The van der Waals surface area contributed by atoms with Crippen LogP contribution in [0.1, 0.15) is 31.4 Å². The Labute approximate surface area is 107 Å². The van der Waals surface area contributed by atoms with Crippen LogP contribution in [0.25, 0.3) is 0 Å². The molecule has 3 nitrogen and oxygen atoms in total. The molecular weight excluding hydrogens is 236 g/mol. The van der Waals surface area contributed by atoms with E-state index < -0.39 is 0 Å². The summed E-state index contributed by atoms with van der Waals surface area (Å²) in [6.45, 7) is 3.09. The van der Waals surface area contributed by atoms with Gasteiger partial charge in [0.05, 0.1) is 23.4 Å². The lowest BCUT2D eigenvalue weighted by Gasteiger charge is -2.26. The van der Waals surface area contributed by atoms with E-state index in [-0.39, 0.29) is 18.7 Å². The van der Waals surface area contributed by atoms with Gasteiger partial charge in [-0.3, -0.25) is 0 Å². The van der Waals surface area contributed by atoms with E-state index in [1.165, 1.54) is 0 Å². The first-order chi connectivity index (χ1) is 8.13. The number of hydrogen-bond donors (Lipinski definition) is 2. The number of anilines is 1. The predicted molar refractivity (Wildman–Crippen MR) is 71.5 cm³/mol. The zero-order chi connectivity index (χ0) is 12.4. The molecule has 1 fully saturated rings. The van der Waals surface area contributed by atoms with Gasteiger partial charge < -0.3 is 15.7 Å². The van der Waals surface area contributed by atoms with Crippen LogP contribution in [0.5, 0.6) is 0 Å². The molecule has 1 unspecified atom stereocenters. The van der Waals surface area contributed by atoms with Crippen molar-refractivity contribution in [1.82, 2.24) is 0 Å². The highest BCUT2D eigenvalue weighted by Gasteiger charge is 2.25. The smallest absolute Gasteiger partial charge is 0.0643 e. The Morgan fingerprint density at radius 2 is 2.35 bits per heavy atom. The first kappa shape index (κ1) is 12.7. The van der Waals surface area contributed by atoms with Crippen LogP contribution in [0.15, 0.2) is 18.2 Å². The Morgan fingerprint density at radius 1 is 1.59 bits per heavy atom. The number of benzene rings is 1. The summed E-state index contributed by atoms with van der Waals surface area (Å²) in [6.07, 6.45) is 2.14. The van der Waals surface area contributed by atoms with Crippen molar-refractivity contribution >= 4 is 17.3 Å². The second-order valence-electron chi connectivity index (χ2n) is 4.67. The molecule has 2 rings (SSSR count). The Bertz CT molecular complexity index is 395. The van der Waals surface area contributed by atoms with E-state index in [0.717, 1.165) is 35.7 Å². The highest BCUT2D eigenvalue weighted by molar-refractivity contribution is 6.33. The Morgan fingerprint density at radius 3 is 2.94 bits per heavy atom. The minimum absolute atomic E-state index is 0.00577. The van der Waals surface area contributed by atoms with Gasteiger partial charge in [0, 0.05) is 12.6 Å². The summed E-state index contributed by atoms with van der Waals surface area (Å²) in [7, 11) is 0. The molecule has 0 amide bonds. The zero-order valence-corrected chi connectivity index (χ0v) is 10.8. The van der Waals surface area contributed by atoms with Crippen molar-refractivity contribution in [2.75, 3.05) is 18.1 Å². The topological polar surface area (TPSA) is 49.5 Å². The fourth-order valence-electron chi connectivity index (χ4n) is 2.38. The molecular formula is C13H19ClN2O. The first-order valence-electron chi connectivity index (χ1n) is 6.06. The van der Waals surface area contributed by atoms with Gasteiger partial charge in [-0.1, -0.05) is 17.7 Å². The molecule has 94 valence electrons. The van der Waals surface area contributed by atoms with Crippen LogP contribution >= 0.6 is 11.6 Å². The van der Waals surface area contributed by atoms with E-state index in [9.17, 15) is 5.11 Å². The quantitative estimate of drug-likeness (QED) is 0.870. The number of aliphatic hydroxyl groups excluding tert-OH is 1. The maximum absolute atomic E-state index is 9.33. The van der Waals surface area contributed by atoms with Crippen molar-refractivity contribution < 1.29 is 5.11 Å². The summed E-state index contributed by atoms with van der Waals surface area (Å²) >= 11 is 6.30. The average Bonchev–Trinajstić information content (AvgIpc) is 2.76. The van der Waals surface area contributed by atoms with Crippen molar-refractivity contribution in [2.24, 2.45) is 5.73 Å². The molecule has 1 heterocycles. The van der Waals surface area contributed by atoms with Gasteiger partial charge in [0.15, 0.2) is 0 Å². The monoisotopic (exact) mass is 254 g/mol. The number of nitrogens with zero attached hydrogens (tertiary/aromatic N) is 1. The molecule has 0 saturated carbocycles. The van der Waals surface area contributed by atoms with E-state index in [4.69, 9.17) is 17.3 Å². The molecule has 1 aliphatic rings. The van der Waals surface area contributed by atoms with E-state index in [2.05, 4.69) is 4.90 Å². The van der Waals surface area contributed by atoms with Crippen LogP contribution in [-0.2, 0) is 0 Å². The van der Waals surface area contributed by atoms with Gasteiger partial charge in [-0.15, -0.1) is 0 Å². The summed E-state index contributed by atoms with van der Waals surface area (Å²) in [5.41, 5.74) is 7.87. The molecule has 0 bridgehead atoms. The van der Waals surface area contributed by atoms with E-state index in [1.807, 2.05) is 25.1 Å². The molecule has 4 heteroatoms. The highest BCUT2D eigenvalue weighted by Crippen LogP contribution is 2.33. The Kier molecular flexibility index (Phi) is 3.92.